The van der Waals surface area contributed by atoms with Crippen molar-refractivity contribution >= 4 is 5.91 Å². The minimum Gasteiger partial charge on any atom is -0.477 e. The Labute approximate surface area is 171 Å². The number of ether oxygens (including phenoxy) is 1. The highest BCUT2D eigenvalue weighted by atomic mass is 16.5. The van der Waals surface area contributed by atoms with Gasteiger partial charge in [-0.2, -0.15) is 0 Å². The van der Waals surface area contributed by atoms with Gasteiger partial charge < -0.3 is 14.1 Å². The van der Waals surface area contributed by atoms with Crippen LogP contribution in [0.1, 0.15) is 42.6 Å². The Kier molecular flexibility index (Phi) is 6.30. The molecule has 0 saturated carbocycles. The maximum atomic E-state index is 12.5. The molecule has 0 N–H and O–H groups in total. The van der Waals surface area contributed by atoms with Gasteiger partial charge in [0.1, 0.15) is 12.0 Å². The van der Waals surface area contributed by atoms with Gasteiger partial charge in [0.15, 0.2) is 6.61 Å². The van der Waals surface area contributed by atoms with E-state index in [9.17, 15) is 9.59 Å². The summed E-state index contributed by atoms with van der Waals surface area (Å²) in [7, 11) is 0. The molecule has 0 unspecified atom stereocenters. The summed E-state index contributed by atoms with van der Waals surface area (Å²) >= 11 is 0. The molecule has 2 aromatic rings. The van der Waals surface area contributed by atoms with Crippen LogP contribution in [0.4, 0.5) is 0 Å². The molecular weight excluding hydrogens is 368 g/mol. The van der Waals surface area contributed by atoms with E-state index in [2.05, 4.69) is 11.0 Å². The standard InChI is InChI=1S/C23H28N2O4/c26-21-13-20(15-24-10-5-1-2-6-11-24)28-16-22(21)29-17-23(27)25-12-9-18-7-3-4-8-19(18)14-25/h3-4,7-8,13,16H,1-2,5-6,9-12,14-15,17H2. The van der Waals surface area contributed by atoms with Crippen molar-refractivity contribution in [3.05, 3.63) is 63.7 Å². The third kappa shape index (κ3) is 5.07. The highest BCUT2D eigenvalue weighted by Gasteiger charge is 2.21. The fourth-order valence-electron chi connectivity index (χ4n) is 4.08. The van der Waals surface area contributed by atoms with Crippen LogP contribution in [0.15, 0.2) is 45.8 Å². The molecule has 0 aliphatic carbocycles. The van der Waals surface area contributed by atoms with Crippen molar-refractivity contribution in [2.45, 2.75) is 45.2 Å². The Morgan fingerprint density at radius 2 is 1.79 bits per heavy atom. The van der Waals surface area contributed by atoms with Gasteiger partial charge in [0.05, 0.1) is 6.54 Å². The van der Waals surface area contributed by atoms with Gasteiger partial charge in [-0.15, -0.1) is 0 Å². The first kappa shape index (κ1) is 19.7. The molecule has 0 atom stereocenters. The van der Waals surface area contributed by atoms with Crippen LogP contribution in [0.5, 0.6) is 5.75 Å². The van der Waals surface area contributed by atoms with E-state index in [4.69, 9.17) is 9.15 Å². The number of likely N-dealkylation sites (tertiary alicyclic amines) is 1. The number of hydrogen-bond donors (Lipinski definition) is 0. The lowest BCUT2D eigenvalue weighted by molar-refractivity contribution is -0.134. The van der Waals surface area contributed by atoms with Gasteiger partial charge >= 0.3 is 0 Å². The fraction of sp³-hybridized carbons (Fsp3) is 0.478. The first-order chi connectivity index (χ1) is 14.2. The molecule has 1 saturated heterocycles. The molecule has 1 aromatic heterocycles. The number of fused-ring (bicyclic) bond motifs is 1. The number of nitrogens with zero attached hydrogens (tertiary/aromatic N) is 2. The largest absolute Gasteiger partial charge is 0.477 e. The maximum Gasteiger partial charge on any atom is 0.260 e. The van der Waals surface area contributed by atoms with E-state index in [1.54, 1.807) is 4.90 Å². The second kappa shape index (κ2) is 9.27. The van der Waals surface area contributed by atoms with E-state index in [1.807, 2.05) is 18.2 Å². The SMILES string of the molecule is O=C(COc1coc(CN2CCCCCC2)cc1=O)N1CCc2ccccc2C1. The number of carbonyl (C=O) groups excluding carboxylic acids is 1. The molecule has 29 heavy (non-hydrogen) atoms. The highest BCUT2D eigenvalue weighted by molar-refractivity contribution is 5.78. The van der Waals surface area contributed by atoms with Crippen molar-refractivity contribution in [2.75, 3.05) is 26.2 Å². The van der Waals surface area contributed by atoms with Crippen LogP contribution in [-0.2, 0) is 24.3 Å². The topological polar surface area (TPSA) is 63.0 Å². The van der Waals surface area contributed by atoms with Crippen LogP contribution in [0.25, 0.3) is 0 Å². The molecule has 6 heteroatoms. The van der Waals surface area contributed by atoms with E-state index in [-0.39, 0.29) is 23.7 Å². The number of benzene rings is 1. The molecule has 6 nitrogen and oxygen atoms in total. The van der Waals surface area contributed by atoms with Crippen molar-refractivity contribution in [2.24, 2.45) is 0 Å². The zero-order valence-corrected chi connectivity index (χ0v) is 16.8. The Hall–Kier alpha value is -2.60. The number of carbonyl (C=O) groups is 1. The van der Waals surface area contributed by atoms with E-state index in [0.717, 1.165) is 19.5 Å². The van der Waals surface area contributed by atoms with Crippen LogP contribution >= 0.6 is 0 Å². The summed E-state index contributed by atoms with van der Waals surface area (Å²) in [5.41, 5.74) is 2.22. The summed E-state index contributed by atoms with van der Waals surface area (Å²) in [6.45, 7) is 3.81. The average molecular weight is 396 g/mol. The van der Waals surface area contributed by atoms with E-state index in [1.165, 1.54) is 49.1 Å². The average Bonchev–Trinajstić information content (AvgIpc) is 3.01. The minimum absolute atomic E-state index is 0.0929. The zero-order valence-electron chi connectivity index (χ0n) is 16.8. The highest BCUT2D eigenvalue weighted by Crippen LogP contribution is 2.19. The normalized spacial score (nSPS) is 17.4. The second-order valence-electron chi connectivity index (χ2n) is 7.89. The van der Waals surface area contributed by atoms with Gasteiger partial charge in [-0.25, -0.2) is 0 Å². The van der Waals surface area contributed by atoms with Gasteiger partial charge in [-0.3, -0.25) is 14.5 Å². The Bertz CT molecular complexity index is 900. The molecule has 0 bridgehead atoms. The summed E-state index contributed by atoms with van der Waals surface area (Å²) in [5.74, 6) is 0.617. The van der Waals surface area contributed by atoms with E-state index < -0.39 is 0 Å². The van der Waals surface area contributed by atoms with Crippen LogP contribution in [0.2, 0.25) is 0 Å². The molecular formula is C23H28N2O4. The van der Waals surface area contributed by atoms with Crippen LogP contribution in [0.3, 0.4) is 0 Å². The smallest absolute Gasteiger partial charge is 0.260 e. The summed E-state index contributed by atoms with van der Waals surface area (Å²) in [4.78, 5) is 29.0. The Morgan fingerprint density at radius 3 is 2.55 bits per heavy atom. The lowest BCUT2D eigenvalue weighted by atomic mass is 10.00. The molecule has 2 aliphatic heterocycles. The molecule has 2 aliphatic rings. The van der Waals surface area contributed by atoms with Crippen LogP contribution in [-0.4, -0.2) is 41.9 Å². The molecule has 1 fully saturated rings. The Morgan fingerprint density at radius 1 is 1.03 bits per heavy atom. The monoisotopic (exact) mass is 396 g/mol. The van der Waals surface area contributed by atoms with Crippen LogP contribution < -0.4 is 10.2 Å². The lowest BCUT2D eigenvalue weighted by Crippen LogP contribution is -2.39. The summed E-state index contributed by atoms with van der Waals surface area (Å²) in [6.07, 6.45) is 7.10. The van der Waals surface area contributed by atoms with Crippen molar-refractivity contribution in [1.29, 1.82) is 0 Å². The molecule has 154 valence electrons. The molecule has 1 aromatic carbocycles. The van der Waals surface area contributed by atoms with Crippen LogP contribution in [0, 0.1) is 0 Å². The van der Waals surface area contributed by atoms with Gasteiger partial charge in [0.2, 0.25) is 11.2 Å². The van der Waals surface area contributed by atoms with Gasteiger partial charge in [-0.05, 0) is 43.5 Å². The summed E-state index contributed by atoms with van der Waals surface area (Å²) in [6, 6.07) is 9.65. The first-order valence-corrected chi connectivity index (χ1v) is 10.5. The third-order valence-corrected chi connectivity index (χ3v) is 5.76. The second-order valence-corrected chi connectivity index (χ2v) is 7.89. The minimum atomic E-state index is -0.238. The number of rotatable bonds is 5. The predicted molar refractivity (Wildman–Crippen MR) is 110 cm³/mol. The molecule has 3 heterocycles. The van der Waals surface area contributed by atoms with Gasteiger partial charge in [0, 0.05) is 19.2 Å². The first-order valence-electron chi connectivity index (χ1n) is 10.5. The number of hydrogen-bond acceptors (Lipinski definition) is 5. The summed E-state index contributed by atoms with van der Waals surface area (Å²) in [5, 5.41) is 0. The van der Waals surface area contributed by atoms with Crippen molar-refractivity contribution in [1.82, 2.24) is 9.80 Å². The van der Waals surface area contributed by atoms with Crippen molar-refractivity contribution < 1.29 is 13.9 Å². The third-order valence-electron chi connectivity index (χ3n) is 5.76. The van der Waals surface area contributed by atoms with Gasteiger partial charge in [0.25, 0.3) is 5.91 Å². The quantitative estimate of drug-likeness (QED) is 0.778. The predicted octanol–water partition coefficient (Wildman–Crippen LogP) is 2.98. The zero-order chi connectivity index (χ0) is 20.1. The van der Waals surface area contributed by atoms with Crippen molar-refractivity contribution in [3.8, 4) is 5.75 Å². The van der Waals surface area contributed by atoms with Gasteiger partial charge in [-0.1, -0.05) is 37.1 Å². The maximum absolute atomic E-state index is 12.5. The summed E-state index contributed by atoms with van der Waals surface area (Å²) < 4.78 is 11.1. The van der Waals surface area contributed by atoms with E-state index in [0.29, 0.717) is 25.4 Å². The molecule has 0 spiro atoms. The Balaban J connectivity index is 1.31. The van der Waals surface area contributed by atoms with E-state index >= 15 is 0 Å². The van der Waals surface area contributed by atoms with Crippen molar-refractivity contribution in [3.63, 3.8) is 0 Å². The molecule has 1 amide bonds. The number of amides is 1. The molecule has 0 radical (unpaired) electrons. The lowest BCUT2D eigenvalue weighted by Gasteiger charge is -2.28. The molecule has 4 rings (SSSR count). The fourth-order valence-corrected chi connectivity index (χ4v) is 4.08.